The summed E-state index contributed by atoms with van der Waals surface area (Å²) in [4.78, 5) is 15.7. The monoisotopic (exact) mass is 285 g/mol. The average Bonchev–Trinajstić information content (AvgIpc) is 3.10. The van der Waals surface area contributed by atoms with Gasteiger partial charge in [0.1, 0.15) is 5.82 Å². The summed E-state index contributed by atoms with van der Waals surface area (Å²) in [5.41, 5.74) is 1.93. The Balaban J connectivity index is 1.53. The second-order valence-corrected chi connectivity index (χ2v) is 5.83. The second kappa shape index (κ2) is 5.11. The zero-order chi connectivity index (χ0) is 14.2. The maximum atomic E-state index is 9.55. The molecule has 1 saturated heterocycles. The molecule has 0 radical (unpaired) electrons. The van der Waals surface area contributed by atoms with Gasteiger partial charge in [0.15, 0.2) is 0 Å². The first-order valence-corrected chi connectivity index (χ1v) is 7.61. The average molecular weight is 285 g/mol. The summed E-state index contributed by atoms with van der Waals surface area (Å²) in [5.74, 6) is 1.91. The number of aryl methyl sites for hydroxylation is 2. The van der Waals surface area contributed by atoms with E-state index in [1.54, 1.807) is 0 Å². The minimum absolute atomic E-state index is 0.173. The Morgan fingerprint density at radius 1 is 1.10 bits per heavy atom. The van der Waals surface area contributed by atoms with Crippen LogP contribution in [0.2, 0.25) is 0 Å². The molecule has 2 aromatic rings. The number of anilines is 1. The van der Waals surface area contributed by atoms with Crippen LogP contribution < -0.4 is 4.90 Å². The molecule has 0 amide bonds. The van der Waals surface area contributed by atoms with Crippen molar-refractivity contribution in [2.45, 2.75) is 38.3 Å². The van der Waals surface area contributed by atoms with Gasteiger partial charge in [0, 0.05) is 50.2 Å². The molecular formula is C15H19N5O. The van der Waals surface area contributed by atoms with Gasteiger partial charge in [-0.2, -0.15) is 0 Å². The van der Waals surface area contributed by atoms with Gasteiger partial charge in [-0.25, -0.2) is 15.0 Å². The zero-order valence-corrected chi connectivity index (χ0v) is 11.9. The SMILES string of the molecule is OC1CCN(c2ncc(-c3cn4c(n3)CCC4)cn2)CC1. The summed E-state index contributed by atoms with van der Waals surface area (Å²) in [6, 6.07) is 0. The van der Waals surface area contributed by atoms with Gasteiger partial charge in [-0.3, -0.25) is 0 Å². The van der Waals surface area contributed by atoms with Crippen molar-refractivity contribution in [2.75, 3.05) is 18.0 Å². The Kier molecular flexibility index (Phi) is 3.11. The summed E-state index contributed by atoms with van der Waals surface area (Å²) < 4.78 is 2.22. The maximum Gasteiger partial charge on any atom is 0.225 e. The van der Waals surface area contributed by atoms with Gasteiger partial charge >= 0.3 is 0 Å². The molecule has 2 aliphatic rings. The molecule has 0 saturated carbocycles. The van der Waals surface area contributed by atoms with E-state index in [1.807, 2.05) is 12.4 Å². The molecule has 0 spiro atoms. The van der Waals surface area contributed by atoms with Crippen LogP contribution in [0.15, 0.2) is 18.6 Å². The van der Waals surface area contributed by atoms with Crippen molar-refractivity contribution in [3.05, 3.63) is 24.4 Å². The molecule has 2 aromatic heterocycles. The molecule has 0 bridgehead atoms. The van der Waals surface area contributed by atoms with E-state index in [9.17, 15) is 5.11 Å². The molecule has 0 unspecified atom stereocenters. The highest BCUT2D eigenvalue weighted by molar-refractivity contribution is 5.57. The van der Waals surface area contributed by atoms with Crippen molar-refractivity contribution < 1.29 is 5.11 Å². The molecule has 0 aromatic carbocycles. The van der Waals surface area contributed by atoms with Gasteiger partial charge in [-0.1, -0.05) is 0 Å². The lowest BCUT2D eigenvalue weighted by Gasteiger charge is -2.29. The highest BCUT2D eigenvalue weighted by atomic mass is 16.3. The van der Waals surface area contributed by atoms with Crippen LogP contribution in [0.5, 0.6) is 0 Å². The van der Waals surface area contributed by atoms with Gasteiger partial charge in [-0.05, 0) is 19.3 Å². The van der Waals surface area contributed by atoms with E-state index in [2.05, 4.69) is 30.6 Å². The number of aromatic nitrogens is 4. The molecule has 6 heteroatoms. The van der Waals surface area contributed by atoms with Crippen LogP contribution in [0.25, 0.3) is 11.3 Å². The van der Waals surface area contributed by atoms with Crippen LogP contribution in [-0.2, 0) is 13.0 Å². The minimum atomic E-state index is -0.173. The molecule has 0 aliphatic carbocycles. The molecule has 21 heavy (non-hydrogen) atoms. The first-order chi connectivity index (χ1) is 10.3. The van der Waals surface area contributed by atoms with Crippen molar-refractivity contribution in [2.24, 2.45) is 0 Å². The number of fused-ring (bicyclic) bond motifs is 1. The van der Waals surface area contributed by atoms with Crippen LogP contribution in [0.3, 0.4) is 0 Å². The highest BCUT2D eigenvalue weighted by Crippen LogP contribution is 2.23. The quantitative estimate of drug-likeness (QED) is 0.899. The summed E-state index contributed by atoms with van der Waals surface area (Å²) in [7, 11) is 0. The maximum absolute atomic E-state index is 9.55. The number of aliphatic hydroxyl groups excluding tert-OH is 1. The van der Waals surface area contributed by atoms with Gasteiger partial charge in [-0.15, -0.1) is 0 Å². The Labute approximate surface area is 123 Å². The van der Waals surface area contributed by atoms with E-state index in [-0.39, 0.29) is 6.10 Å². The normalized spacial score (nSPS) is 19.0. The number of aliphatic hydroxyl groups is 1. The molecule has 6 nitrogen and oxygen atoms in total. The number of nitrogens with zero attached hydrogens (tertiary/aromatic N) is 5. The van der Waals surface area contributed by atoms with Gasteiger partial charge in [0.2, 0.25) is 5.95 Å². The molecule has 0 atom stereocenters. The third kappa shape index (κ3) is 2.40. The van der Waals surface area contributed by atoms with Gasteiger partial charge in [0.05, 0.1) is 11.8 Å². The molecule has 2 aliphatic heterocycles. The summed E-state index contributed by atoms with van der Waals surface area (Å²) in [6.07, 6.45) is 9.47. The minimum Gasteiger partial charge on any atom is -0.393 e. The fraction of sp³-hybridized carbons (Fsp3) is 0.533. The Hall–Kier alpha value is -1.95. The lowest BCUT2D eigenvalue weighted by Crippen LogP contribution is -2.36. The van der Waals surface area contributed by atoms with E-state index in [1.165, 1.54) is 12.2 Å². The van der Waals surface area contributed by atoms with E-state index in [0.717, 1.165) is 56.1 Å². The van der Waals surface area contributed by atoms with Crippen LogP contribution in [0, 0.1) is 0 Å². The van der Waals surface area contributed by atoms with Crippen molar-refractivity contribution in [3.8, 4) is 11.3 Å². The smallest absolute Gasteiger partial charge is 0.225 e. The fourth-order valence-corrected chi connectivity index (χ4v) is 3.08. The molecule has 1 N–H and O–H groups in total. The predicted molar refractivity (Wildman–Crippen MR) is 79.0 cm³/mol. The fourth-order valence-electron chi connectivity index (χ4n) is 3.08. The number of hydrogen-bond acceptors (Lipinski definition) is 5. The lowest BCUT2D eigenvalue weighted by atomic mass is 10.1. The standard InChI is InChI=1S/C15H19N5O/c21-12-3-6-19(7-4-12)15-16-8-11(9-17-15)13-10-20-5-1-2-14(20)18-13/h8-10,12,21H,1-7H2. The van der Waals surface area contributed by atoms with Gasteiger partial charge in [0.25, 0.3) is 0 Å². The zero-order valence-electron chi connectivity index (χ0n) is 11.9. The summed E-state index contributed by atoms with van der Waals surface area (Å²) in [5, 5.41) is 9.55. The molecular weight excluding hydrogens is 266 g/mol. The first kappa shape index (κ1) is 12.8. The van der Waals surface area contributed by atoms with E-state index in [0.29, 0.717) is 0 Å². The van der Waals surface area contributed by atoms with Gasteiger partial charge < -0.3 is 14.6 Å². The predicted octanol–water partition coefficient (Wildman–Crippen LogP) is 1.25. The van der Waals surface area contributed by atoms with E-state index in [4.69, 9.17) is 0 Å². The topological polar surface area (TPSA) is 67.1 Å². The Bertz CT molecular complexity index is 607. The molecule has 4 heterocycles. The summed E-state index contributed by atoms with van der Waals surface area (Å²) in [6.45, 7) is 2.70. The Morgan fingerprint density at radius 2 is 1.86 bits per heavy atom. The highest BCUT2D eigenvalue weighted by Gasteiger charge is 2.19. The van der Waals surface area contributed by atoms with Crippen LogP contribution in [0.1, 0.15) is 25.1 Å². The molecule has 110 valence electrons. The second-order valence-electron chi connectivity index (χ2n) is 5.83. The van der Waals surface area contributed by atoms with E-state index >= 15 is 0 Å². The molecule has 4 rings (SSSR count). The number of rotatable bonds is 2. The lowest BCUT2D eigenvalue weighted by molar-refractivity contribution is 0.145. The third-order valence-corrected chi connectivity index (χ3v) is 4.34. The van der Waals surface area contributed by atoms with E-state index < -0.39 is 0 Å². The van der Waals surface area contributed by atoms with Crippen LogP contribution >= 0.6 is 0 Å². The largest absolute Gasteiger partial charge is 0.393 e. The number of piperidine rings is 1. The van der Waals surface area contributed by atoms with Crippen molar-refractivity contribution in [1.29, 1.82) is 0 Å². The number of imidazole rings is 1. The van der Waals surface area contributed by atoms with Crippen molar-refractivity contribution >= 4 is 5.95 Å². The van der Waals surface area contributed by atoms with Crippen LogP contribution in [0.4, 0.5) is 5.95 Å². The van der Waals surface area contributed by atoms with Crippen molar-refractivity contribution in [1.82, 2.24) is 19.5 Å². The van der Waals surface area contributed by atoms with Crippen molar-refractivity contribution in [3.63, 3.8) is 0 Å². The molecule has 1 fully saturated rings. The third-order valence-electron chi connectivity index (χ3n) is 4.34. The number of hydrogen-bond donors (Lipinski definition) is 1. The summed E-state index contributed by atoms with van der Waals surface area (Å²) >= 11 is 0. The Morgan fingerprint density at radius 3 is 2.57 bits per heavy atom. The first-order valence-electron chi connectivity index (χ1n) is 7.61. The van der Waals surface area contributed by atoms with Crippen LogP contribution in [-0.4, -0.2) is 43.8 Å².